The number of rotatable bonds is 4. The highest BCUT2D eigenvalue weighted by Crippen LogP contribution is 2.24. The molecule has 0 amide bonds. The summed E-state index contributed by atoms with van der Waals surface area (Å²) in [6.45, 7) is 6.55. The van der Waals surface area contributed by atoms with E-state index in [4.69, 9.17) is 0 Å². The average molecular weight is 249 g/mol. The van der Waals surface area contributed by atoms with Crippen LogP contribution in [0.25, 0.3) is 0 Å². The fourth-order valence-electron chi connectivity index (χ4n) is 2.33. The Labute approximate surface area is 109 Å². The van der Waals surface area contributed by atoms with Crippen molar-refractivity contribution >= 4 is 11.8 Å². The number of benzene rings is 1. The van der Waals surface area contributed by atoms with E-state index in [0.29, 0.717) is 0 Å². The predicted molar refractivity (Wildman–Crippen MR) is 77.7 cm³/mol. The second-order valence-corrected chi connectivity index (χ2v) is 6.46. The van der Waals surface area contributed by atoms with Crippen molar-refractivity contribution in [3.05, 3.63) is 34.9 Å². The first-order valence-corrected chi connectivity index (χ1v) is 7.69. The average Bonchev–Trinajstić information content (AvgIpc) is 2.35. The molecule has 2 heteroatoms. The van der Waals surface area contributed by atoms with Gasteiger partial charge >= 0.3 is 0 Å². The van der Waals surface area contributed by atoms with Crippen LogP contribution in [-0.2, 0) is 6.54 Å². The molecule has 1 aromatic carbocycles. The van der Waals surface area contributed by atoms with Crippen molar-refractivity contribution in [2.45, 2.75) is 44.9 Å². The molecule has 0 spiro atoms. The molecule has 1 aromatic rings. The molecule has 1 aliphatic heterocycles. The molecule has 0 bridgehead atoms. The molecule has 1 atom stereocenters. The highest BCUT2D eigenvalue weighted by molar-refractivity contribution is 7.99. The highest BCUT2D eigenvalue weighted by atomic mass is 32.2. The zero-order chi connectivity index (χ0) is 12.1. The van der Waals surface area contributed by atoms with Crippen LogP contribution in [0.1, 0.15) is 36.0 Å². The summed E-state index contributed by atoms with van der Waals surface area (Å²) in [7, 11) is 0. The van der Waals surface area contributed by atoms with Crippen molar-refractivity contribution in [1.29, 1.82) is 0 Å². The van der Waals surface area contributed by atoms with Gasteiger partial charge in [0.25, 0.3) is 0 Å². The van der Waals surface area contributed by atoms with Gasteiger partial charge in [0, 0.05) is 18.3 Å². The summed E-state index contributed by atoms with van der Waals surface area (Å²) in [4.78, 5) is 0. The van der Waals surface area contributed by atoms with Gasteiger partial charge in [-0.3, -0.25) is 0 Å². The smallest absolute Gasteiger partial charge is 0.0208 e. The monoisotopic (exact) mass is 249 g/mol. The second-order valence-electron chi connectivity index (χ2n) is 5.05. The lowest BCUT2D eigenvalue weighted by Crippen LogP contribution is -2.26. The molecule has 2 rings (SSSR count). The van der Waals surface area contributed by atoms with Crippen LogP contribution in [0, 0.1) is 13.8 Å². The molecular weight excluding hydrogens is 226 g/mol. The third-order valence-electron chi connectivity index (χ3n) is 3.47. The lowest BCUT2D eigenvalue weighted by Gasteiger charge is -2.21. The van der Waals surface area contributed by atoms with Crippen LogP contribution in [0.3, 0.4) is 0 Å². The molecule has 1 N–H and O–H groups in total. The highest BCUT2D eigenvalue weighted by Gasteiger charge is 2.13. The summed E-state index contributed by atoms with van der Waals surface area (Å²) in [6.07, 6.45) is 4.23. The van der Waals surface area contributed by atoms with Crippen molar-refractivity contribution in [3.8, 4) is 0 Å². The van der Waals surface area contributed by atoms with Crippen LogP contribution in [0.5, 0.6) is 0 Å². The van der Waals surface area contributed by atoms with E-state index in [2.05, 4.69) is 49.1 Å². The van der Waals surface area contributed by atoms with Crippen molar-refractivity contribution < 1.29 is 0 Å². The fraction of sp³-hybridized carbons (Fsp3) is 0.600. The van der Waals surface area contributed by atoms with E-state index in [1.165, 1.54) is 41.7 Å². The van der Waals surface area contributed by atoms with Gasteiger partial charge in [-0.15, -0.1) is 0 Å². The minimum atomic E-state index is 0.842. The standard InChI is InChI=1S/C15H23NS/c1-12-6-7-13(2)14(9-12)10-16-11-15-5-3-4-8-17-15/h6-7,9,15-16H,3-5,8,10-11H2,1-2H3. The lowest BCUT2D eigenvalue weighted by atomic mass is 10.1. The first-order chi connectivity index (χ1) is 8.25. The molecule has 1 saturated heterocycles. The Morgan fingerprint density at radius 1 is 1.29 bits per heavy atom. The van der Waals surface area contributed by atoms with Crippen LogP contribution >= 0.6 is 11.8 Å². The molecule has 0 aliphatic carbocycles. The summed E-state index contributed by atoms with van der Waals surface area (Å²) in [5.74, 6) is 1.36. The van der Waals surface area contributed by atoms with Crippen molar-refractivity contribution in [3.63, 3.8) is 0 Å². The molecule has 17 heavy (non-hydrogen) atoms. The first-order valence-electron chi connectivity index (χ1n) is 6.64. The molecule has 1 unspecified atom stereocenters. The Kier molecular flexibility index (Phi) is 4.93. The number of hydrogen-bond acceptors (Lipinski definition) is 2. The van der Waals surface area contributed by atoms with E-state index in [1.807, 2.05) is 0 Å². The SMILES string of the molecule is Cc1ccc(C)c(CNCC2CCCCS2)c1. The molecule has 0 saturated carbocycles. The number of thioether (sulfide) groups is 1. The van der Waals surface area contributed by atoms with E-state index in [9.17, 15) is 0 Å². The Hall–Kier alpha value is -0.470. The summed E-state index contributed by atoms with van der Waals surface area (Å²) >= 11 is 2.14. The van der Waals surface area contributed by atoms with E-state index in [-0.39, 0.29) is 0 Å². The van der Waals surface area contributed by atoms with Crippen LogP contribution < -0.4 is 5.32 Å². The van der Waals surface area contributed by atoms with Gasteiger partial charge in [-0.2, -0.15) is 11.8 Å². The van der Waals surface area contributed by atoms with Gasteiger partial charge in [0.05, 0.1) is 0 Å². The maximum atomic E-state index is 3.62. The summed E-state index contributed by atoms with van der Waals surface area (Å²) in [6, 6.07) is 6.72. The van der Waals surface area contributed by atoms with E-state index >= 15 is 0 Å². The molecule has 0 radical (unpaired) electrons. The van der Waals surface area contributed by atoms with Gasteiger partial charge in [0.15, 0.2) is 0 Å². The Balaban J connectivity index is 1.79. The maximum Gasteiger partial charge on any atom is 0.0208 e. The van der Waals surface area contributed by atoms with Gasteiger partial charge in [0.2, 0.25) is 0 Å². The molecule has 1 nitrogen and oxygen atoms in total. The van der Waals surface area contributed by atoms with Gasteiger partial charge in [-0.1, -0.05) is 30.2 Å². The largest absolute Gasteiger partial charge is 0.312 e. The molecule has 1 aliphatic rings. The number of aryl methyl sites for hydroxylation is 2. The second kappa shape index (κ2) is 6.46. The third-order valence-corrected chi connectivity index (χ3v) is 4.86. The summed E-state index contributed by atoms with van der Waals surface area (Å²) in [5, 5.41) is 4.46. The van der Waals surface area contributed by atoms with Gasteiger partial charge in [0.1, 0.15) is 0 Å². The molecule has 0 aromatic heterocycles. The number of hydrogen-bond donors (Lipinski definition) is 1. The number of nitrogens with one attached hydrogen (secondary N) is 1. The minimum Gasteiger partial charge on any atom is -0.312 e. The van der Waals surface area contributed by atoms with Gasteiger partial charge < -0.3 is 5.32 Å². The van der Waals surface area contributed by atoms with Crippen LogP contribution in [-0.4, -0.2) is 17.5 Å². The van der Waals surface area contributed by atoms with Crippen LogP contribution in [0.4, 0.5) is 0 Å². The molecular formula is C15H23NS. The van der Waals surface area contributed by atoms with E-state index in [0.717, 1.165) is 18.3 Å². The maximum absolute atomic E-state index is 3.62. The Morgan fingerprint density at radius 2 is 2.18 bits per heavy atom. The normalized spacial score (nSPS) is 20.5. The van der Waals surface area contributed by atoms with Gasteiger partial charge in [-0.05, 0) is 43.6 Å². The van der Waals surface area contributed by atoms with Crippen molar-refractivity contribution in [2.24, 2.45) is 0 Å². The molecule has 94 valence electrons. The quantitative estimate of drug-likeness (QED) is 0.873. The van der Waals surface area contributed by atoms with Gasteiger partial charge in [-0.25, -0.2) is 0 Å². The lowest BCUT2D eigenvalue weighted by molar-refractivity contribution is 0.597. The molecule has 1 fully saturated rings. The minimum absolute atomic E-state index is 0.842. The summed E-state index contributed by atoms with van der Waals surface area (Å²) in [5.41, 5.74) is 4.21. The van der Waals surface area contributed by atoms with Crippen LogP contribution in [0.2, 0.25) is 0 Å². The third kappa shape index (κ3) is 4.04. The predicted octanol–water partition coefficient (Wildman–Crippen LogP) is 3.68. The fourth-order valence-corrected chi connectivity index (χ4v) is 3.60. The van der Waals surface area contributed by atoms with E-state index in [1.54, 1.807) is 0 Å². The zero-order valence-corrected chi connectivity index (χ0v) is 11.8. The summed E-state index contributed by atoms with van der Waals surface area (Å²) < 4.78 is 0. The van der Waals surface area contributed by atoms with Crippen molar-refractivity contribution in [2.75, 3.05) is 12.3 Å². The Morgan fingerprint density at radius 3 is 2.94 bits per heavy atom. The Bertz CT molecular complexity index is 356. The van der Waals surface area contributed by atoms with Crippen LogP contribution in [0.15, 0.2) is 18.2 Å². The zero-order valence-electron chi connectivity index (χ0n) is 11.0. The topological polar surface area (TPSA) is 12.0 Å². The molecule has 1 heterocycles. The first kappa shape index (κ1) is 13.0. The van der Waals surface area contributed by atoms with Crippen molar-refractivity contribution in [1.82, 2.24) is 5.32 Å². The van der Waals surface area contributed by atoms with E-state index < -0.39 is 0 Å².